The van der Waals surface area contributed by atoms with Crippen LogP contribution in [0.25, 0.3) is 0 Å². The van der Waals surface area contributed by atoms with Crippen molar-refractivity contribution in [3.05, 3.63) is 29.8 Å². The van der Waals surface area contributed by atoms with E-state index in [0.29, 0.717) is 6.04 Å². The van der Waals surface area contributed by atoms with Crippen molar-refractivity contribution in [1.29, 1.82) is 0 Å². The molecule has 3 heteroatoms. The maximum atomic E-state index is 5.58. The van der Waals surface area contributed by atoms with Crippen molar-refractivity contribution in [2.75, 3.05) is 37.6 Å². The van der Waals surface area contributed by atoms with Crippen LogP contribution in [0.2, 0.25) is 0 Å². The van der Waals surface area contributed by atoms with E-state index in [4.69, 9.17) is 5.73 Å². The van der Waals surface area contributed by atoms with Crippen molar-refractivity contribution >= 4 is 5.69 Å². The van der Waals surface area contributed by atoms with Gasteiger partial charge in [-0.2, -0.15) is 0 Å². The molecule has 0 amide bonds. The Morgan fingerprint density at radius 1 is 1.33 bits per heavy atom. The molecule has 1 saturated heterocycles. The fourth-order valence-corrected chi connectivity index (χ4v) is 2.74. The molecule has 0 spiro atoms. The van der Waals surface area contributed by atoms with E-state index in [1.54, 1.807) is 0 Å². The number of piperazine rings is 1. The summed E-state index contributed by atoms with van der Waals surface area (Å²) in [7, 11) is 0. The first-order valence-corrected chi connectivity index (χ1v) is 6.96. The average molecular weight is 247 g/mol. The van der Waals surface area contributed by atoms with Gasteiger partial charge in [0.15, 0.2) is 0 Å². The second kappa shape index (κ2) is 6.21. The third-order valence-corrected chi connectivity index (χ3v) is 3.72. The van der Waals surface area contributed by atoms with Gasteiger partial charge in [-0.3, -0.25) is 4.90 Å². The summed E-state index contributed by atoms with van der Waals surface area (Å²) in [6.07, 6.45) is 1.11. The Balaban J connectivity index is 1.97. The summed E-state index contributed by atoms with van der Waals surface area (Å²) in [5.74, 6) is 0. The monoisotopic (exact) mass is 247 g/mol. The lowest BCUT2D eigenvalue weighted by atomic mass is 10.1. The minimum Gasteiger partial charge on any atom is -0.366 e. The summed E-state index contributed by atoms with van der Waals surface area (Å²) in [4.78, 5) is 5.05. The quantitative estimate of drug-likeness (QED) is 0.881. The number of hydrogen-bond acceptors (Lipinski definition) is 3. The van der Waals surface area contributed by atoms with Crippen molar-refractivity contribution in [3.63, 3.8) is 0 Å². The fourth-order valence-electron chi connectivity index (χ4n) is 2.74. The fraction of sp³-hybridized carbons (Fsp3) is 0.600. The van der Waals surface area contributed by atoms with E-state index in [0.717, 1.165) is 39.1 Å². The maximum absolute atomic E-state index is 5.58. The standard InChI is InChI=1S/C15H25N3/c1-13-5-3-6-15(11-13)18-10-9-17(8-4-7-16)12-14(18)2/h3,5-6,11,14H,4,7-10,12,16H2,1-2H3/t14-/m0/s1. The lowest BCUT2D eigenvalue weighted by molar-refractivity contribution is 0.227. The van der Waals surface area contributed by atoms with Crippen LogP contribution in [0.15, 0.2) is 24.3 Å². The summed E-state index contributed by atoms with van der Waals surface area (Å²) in [5.41, 5.74) is 8.28. The molecule has 100 valence electrons. The predicted molar refractivity (Wildman–Crippen MR) is 78.1 cm³/mol. The molecule has 0 aromatic heterocycles. The van der Waals surface area contributed by atoms with Crippen molar-refractivity contribution in [2.45, 2.75) is 26.3 Å². The van der Waals surface area contributed by atoms with E-state index >= 15 is 0 Å². The minimum atomic E-state index is 0.582. The van der Waals surface area contributed by atoms with E-state index < -0.39 is 0 Å². The summed E-state index contributed by atoms with van der Waals surface area (Å²) in [6.45, 7) is 9.83. The molecule has 1 aliphatic rings. The van der Waals surface area contributed by atoms with Gasteiger partial charge in [-0.25, -0.2) is 0 Å². The van der Waals surface area contributed by atoms with Gasteiger partial charge in [-0.05, 0) is 51.1 Å². The number of hydrogen-bond donors (Lipinski definition) is 1. The molecule has 0 aliphatic carbocycles. The minimum absolute atomic E-state index is 0.582. The molecule has 2 rings (SSSR count). The normalized spacial score (nSPS) is 21.3. The highest BCUT2D eigenvalue weighted by Crippen LogP contribution is 2.21. The molecule has 1 atom stereocenters. The van der Waals surface area contributed by atoms with Gasteiger partial charge in [-0.1, -0.05) is 12.1 Å². The topological polar surface area (TPSA) is 32.5 Å². The number of rotatable bonds is 4. The molecule has 0 saturated carbocycles. The summed E-state index contributed by atoms with van der Waals surface area (Å²) < 4.78 is 0. The molecule has 1 aromatic rings. The molecule has 0 bridgehead atoms. The molecule has 3 nitrogen and oxygen atoms in total. The zero-order valence-corrected chi connectivity index (χ0v) is 11.6. The third kappa shape index (κ3) is 3.24. The van der Waals surface area contributed by atoms with Gasteiger partial charge in [0.25, 0.3) is 0 Å². The van der Waals surface area contributed by atoms with Crippen LogP contribution < -0.4 is 10.6 Å². The zero-order valence-electron chi connectivity index (χ0n) is 11.6. The SMILES string of the molecule is Cc1cccc(N2CCN(CCCN)C[C@@H]2C)c1. The molecule has 2 N–H and O–H groups in total. The van der Waals surface area contributed by atoms with Crippen LogP contribution >= 0.6 is 0 Å². The Bertz CT molecular complexity index is 378. The second-order valence-corrected chi connectivity index (χ2v) is 5.32. The Kier molecular flexibility index (Phi) is 4.61. The number of aryl methyl sites for hydroxylation is 1. The maximum Gasteiger partial charge on any atom is 0.0389 e. The van der Waals surface area contributed by atoms with E-state index in [9.17, 15) is 0 Å². The van der Waals surface area contributed by atoms with Crippen LogP contribution in [-0.2, 0) is 0 Å². The Hall–Kier alpha value is -1.06. The van der Waals surface area contributed by atoms with Crippen LogP contribution in [0.3, 0.4) is 0 Å². The molecule has 1 aromatic carbocycles. The molecule has 18 heavy (non-hydrogen) atoms. The molecule has 1 heterocycles. The smallest absolute Gasteiger partial charge is 0.0389 e. The molecular formula is C15H25N3. The average Bonchev–Trinajstić information content (AvgIpc) is 2.36. The molecule has 1 aliphatic heterocycles. The van der Waals surface area contributed by atoms with Crippen LogP contribution in [-0.4, -0.2) is 43.7 Å². The second-order valence-electron chi connectivity index (χ2n) is 5.32. The first kappa shape index (κ1) is 13.4. The van der Waals surface area contributed by atoms with Gasteiger partial charge in [0, 0.05) is 31.4 Å². The number of nitrogens with zero attached hydrogens (tertiary/aromatic N) is 2. The summed E-state index contributed by atoms with van der Waals surface area (Å²) in [5, 5.41) is 0. The Labute approximate surface area is 111 Å². The van der Waals surface area contributed by atoms with E-state index in [1.807, 2.05) is 0 Å². The van der Waals surface area contributed by atoms with Crippen LogP contribution in [0, 0.1) is 6.92 Å². The molecule has 0 unspecified atom stereocenters. The highest BCUT2D eigenvalue weighted by molar-refractivity contribution is 5.49. The molecule has 0 radical (unpaired) electrons. The van der Waals surface area contributed by atoms with Gasteiger partial charge in [0.05, 0.1) is 0 Å². The Morgan fingerprint density at radius 2 is 2.17 bits per heavy atom. The molecule has 1 fully saturated rings. The highest BCUT2D eigenvalue weighted by Gasteiger charge is 2.23. The number of anilines is 1. The summed E-state index contributed by atoms with van der Waals surface area (Å²) in [6, 6.07) is 9.40. The largest absolute Gasteiger partial charge is 0.366 e. The van der Waals surface area contributed by atoms with Crippen LogP contribution in [0.5, 0.6) is 0 Å². The number of nitrogens with two attached hydrogens (primary N) is 1. The van der Waals surface area contributed by atoms with Crippen LogP contribution in [0.1, 0.15) is 18.9 Å². The van der Waals surface area contributed by atoms with Gasteiger partial charge in [0.1, 0.15) is 0 Å². The van der Waals surface area contributed by atoms with Crippen LogP contribution in [0.4, 0.5) is 5.69 Å². The van der Waals surface area contributed by atoms with E-state index in [1.165, 1.54) is 11.3 Å². The number of benzene rings is 1. The van der Waals surface area contributed by atoms with Gasteiger partial charge in [-0.15, -0.1) is 0 Å². The zero-order chi connectivity index (χ0) is 13.0. The van der Waals surface area contributed by atoms with E-state index in [-0.39, 0.29) is 0 Å². The first-order valence-electron chi connectivity index (χ1n) is 6.96. The van der Waals surface area contributed by atoms with Crippen molar-refractivity contribution in [1.82, 2.24) is 4.90 Å². The van der Waals surface area contributed by atoms with E-state index in [2.05, 4.69) is 47.9 Å². The third-order valence-electron chi connectivity index (χ3n) is 3.72. The van der Waals surface area contributed by atoms with Gasteiger partial charge in [0.2, 0.25) is 0 Å². The lowest BCUT2D eigenvalue weighted by Crippen LogP contribution is -2.52. The summed E-state index contributed by atoms with van der Waals surface area (Å²) >= 11 is 0. The van der Waals surface area contributed by atoms with Gasteiger partial charge < -0.3 is 10.6 Å². The lowest BCUT2D eigenvalue weighted by Gasteiger charge is -2.41. The van der Waals surface area contributed by atoms with Gasteiger partial charge >= 0.3 is 0 Å². The highest BCUT2D eigenvalue weighted by atomic mass is 15.3. The first-order chi connectivity index (χ1) is 8.70. The van der Waals surface area contributed by atoms with Crippen molar-refractivity contribution in [2.24, 2.45) is 5.73 Å². The Morgan fingerprint density at radius 3 is 2.83 bits per heavy atom. The molecular weight excluding hydrogens is 222 g/mol. The van der Waals surface area contributed by atoms with Crippen molar-refractivity contribution in [3.8, 4) is 0 Å². The predicted octanol–water partition coefficient (Wildman–Crippen LogP) is 1.85. The van der Waals surface area contributed by atoms with Crippen molar-refractivity contribution < 1.29 is 0 Å².